The SMILES string of the molecule is CC(=CC(=O)OO)C(=O)O. The third kappa shape index (κ3) is 2.83. The maximum absolute atomic E-state index is 10.1. The first-order valence-corrected chi connectivity index (χ1v) is 2.35. The predicted octanol–water partition coefficient (Wildman–Crippen LogP) is 0.0335. The smallest absolute Gasteiger partial charge is 0.366 e. The van der Waals surface area contributed by atoms with Gasteiger partial charge in [-0.2, -0.15) is 5.26 Å². The Kier molecular flexibility index (Phi) is 3.13. The molecule has 5 nitrogen and oxygen atoms in total. The van der Waals surface area contributed by atoms with Crippen LogP contribution in [0.5, 0.6) is 0 Å². The summed E-state index contributed by atoms with van der Waals surface area (Å²) in [4.78, 5) is 23.3. The molecule has 0 aliphatic carbocycles. The maximum atomic E-state index is 10.1. The van der Waals surface area contributed by atoms with Crippen LogP contribution < -0.4 is 0 Å². The van der Waals surface area contributed by atoms with Gasteiger partial charge in [0.15, 0.2) is 0 Å². The molecule has 0 bridgehead atoms. The summed E-state index contributed by atoms with van der Waals surface area (Å²) in [7, 11) is 0. The van der Waals surface area contributed by atoms with Crippen LogP contribution in [0.25, 0.3) is 0 Å². The molecule has 0 amide bonds. The Morgan fingerprint density at radius 2 is 2.00 bits per heavy atom. The van der Waals surface area contributed by atoms with Crippen LogP contribution in [0.1, 0.15) is 6.92 Å². The fraction of sp³-hybridized carbons (Fsp3) is 0.200. The second-order valence-electron chi connectivity index (χ2n) is 1.54. The highest BCUT2D eigenvalue weighted by Crippen LogP contribution is 1.91. The van der Waals surface area contributed by atoms with Crippen LogP contribution in [0, 0.1) is 0 Å². The number of carboxylic acid groups (broad SMARTS) is 1. The Balaban J connectivity index is 4.16. The summed E-state index contributed by atoms with van der Waals surface area (Å²) in [5.41, 5.74) is -0.195. The quantitative estimate of drug-likeness (QED) is 0.326. The summed E-state index contributed by atoms with van der Waals surface area (Å²) in [6, 6.07) is 0. The number of carbonyl (C=O) groups excluding carboxylic acids is 1. The standard InChI is InChI=1S/C5H6O5/c1-3(5(7)8)2-4(6)10-9/h2,9H,1H3,(H,7,8). The van der Waals surface area contributed by atoms with E-state index in [9.17, 15) is 9.59 Å². The molecule has 0 aliphatic heterocycles. The van der Waals surface area contributed by atoms with Gasteiger partial charge in [-0.15, -0.1) is 0 Å². The molecule has 0 fully saturated rings. The van der Waals surface area contributed by atoms with Crippen LogP contribution in [0.15, 0.2) is 11.6 Å². The fourth-order valence-electron chi connectivity index (χ4n) is 0.265. The van der Waals surface area contributed by atoms with Crippen molar-refractivity contribution in [3.63, 3.8) is 0 Å². The van der Waals surface area contributed by atoms with E-state index in [1.54, 1.807) is 0 Å². The van der Waals surface area contributed by atoms with E-state index in [0.717, 1.165) is 0 Å². The van der Waals surface area contributed by atoms with Gasteiger partial charge in [-0.05, 0) is 6.92 Å². The van der Waals surface area contributed by atoms with Gasteiger partial charge in [0, 0.05) is 11.6 Å². The van der Waals surface area contributed by atoms with Crippen LogP contribution in [0.4, 0.5) is 0 Å². The predicted molar refractivity (Wildman–Crippen MR) is 30.1 cm³/mol. The number of carbonyl (C=O) groups is 2. The van der Waals surface area contributed by atoms with Gasteiger partial charge in [0.1, 0.15) is 0 Å². The average molecular weight is 146 g/mol. The van der Waals surface area contributed by atoms with Crippen molar-refractivity contribution in [1.29, 1.82) is 0 Å². The van der Waals surface area contributed by atoms with Crippen molar-refractivity contribution in [2.24, 2.45) is 0 Å². The Morgan fingerprint density at radius 3 is 2.30 bits per heavy atom. The van der Waals surface area contributed by atoms with Crippen molar-refractivity contribution in [2.45, 2.75) is 6.92 Å². The minimum absolute atomic E-state index is 0.195. The van der Waals surface area contributed by atoms with E-state index in [1.165, 1.54) is 6.92 Å². The lowest BCUT2D eigenvalue weighted by molar-refractivity contribution is -0.228. The van der Waals surface area contributed by atoms with Gasteiger partial charge in [0.25, 0.3) is 0 Å². The molecule has 56 valence electrons. The van der Waals surface area contributed by atoms with E-state index in [1.807, 2.05) is 0 Å². The molecule has 2 N–H and O–H groups in total. The van der Waals surface area contributed by atoms with Crippen molar-refractivity contribution >= 4 is 11.9 Å². The van der Waals surface area contributed by atoms with Gasteiger partial charge in [-0.25, -0.2) is 9.59 Å². The Labute approximate surface area is 56.5 Å². The molecule has 0 aromatic heterocycles. The first kappa shape index (κ1) is 8.64. The molecule has 10 heavy (non-hydrogen) atoms. The topological polar surface area (TPSA) is 83.8 Å². The van der Waals surface area contributed by atoms with Crippen LogP contribution in [-0.2, 0) is 14.5 Å². The van der Waals surface area contributed by atoms with E-state index in [-0.39, 0.29) is 5.57 Å². The number of hydrogen-bond acceptors (Lipinski definition) is 4. The normalized spacial score (nSPS) is 10.8. The average Bonchev–Trinajstić information content (AvgIpc) is 1.87. The summed E-state index contributed by atoms with van der Waals surface area (Å²) in [5, 5.41) is 15.8. The second-order valence-corrected chi connectivity index (χ2v) is 1.54. The van der Waals surface area contributed by atoms with E-state index in [0.29, 0.717) is 6.08 Å². The maximum Gasteiger partial charge on any atom is 0.366 e. The lowest BCUT2D eigenvalue weighted by atomic mass is 10.3. The summed E-state index contributed by atoms with van der Waals surface area (Å²) >= 11 is 0. The zero-order valence-corrected chi connectivity index (χ0v) is 5.20. The number of aliphatic carboxylic acids is 1. The van der Waals surface area contributed by atoms with Crippen LogP contribution in [0.2, 0.25) is 0 Å². The molecule has 0 radical (unpaired) electrons. The van der Waals surface area contributed by atoms with E-state index >= 15 is 0 Å². The molecule has 0 saturated carbocycles. The number of hydrogen-bond donors (Lipinski definition) is 2. The monoisotopic (exact) mass is 146 g/mol. The van der Waals surface area contributed by atoms with Crippen molar-refractivity contribution < 1.29 is 24.8 Å². The lowest BCUT2D eigenvalue weighted by Gasteiger charge is -1.89. The van der Waals surface area contributed by atoms with Gasteiger partial charge >= 0.3 is 11.9 Å². The largest absolute Gasteiger partial charge is 0.478 e. The zero-order valence-electron chi connectivity index (χ0n) is 5.20. The third-order valence-electron chi connectivity index (χ3n) is 0.762. The molecule has 0 heterocycles. The Bertz CT molecular complexity index is 180. The molecule has 5 heteroatoms. The third-order valence-corrected chi connectivity index (χ3v) is 0.762. The van der Waals surface area contributed by atoms with Crippen molar-refractivity contribution in [3.8, 4) is 0 Å². The molecule has 0 atom stereocenters. The summed E-state index contributed by atoms with van der Waals surface area (Å²) in [6.45, 7) is 1.21. The molecule has 0 aromatic carbocycles. The fourth-order valence-corrected chi connectivity index (χ4v) is 0.265. The van der Waals surface area contributed by atoms with E-state index < -0.39 is 11.9 Å². The van der Waals surface area contributed by atoms with E-state index in [2.05, 4.69) is 4.89 Å². The lowest BCUT2D eigenvalue weighted by Crippen LogP contribution is -2.02. The first-order chi connectivity index (χ1) is 4.57. The highest BCUT2D eigenvalue weighted by atomic mass is 17.1. The molecule has 0 saturated heterocycles. The highest BCUT2D eigenvalue weighted by molar-refractivity contribution is 5.94. The zero-order chi connectivity index (χ0) is 8.15. The molecule has 0 spiro atoms. The number of rotatable bonds is 2. The first-order valence-electron chi connectivity index (χ1n) is 2.35. The molecule has 0 aliphatic rings. The molecular weight excluding hydrogens is 140 g/mol. The van der Waals surface area contributed by atoms with Crippen LogP contribution in [-0.4, -0.2) is 22.3 Å². The van der Waals surface area contributed by atoms with Gasteiger partial charge in [-0.1, -0.05) is 0 Å². The molecule has 0 rings (SSSR count). The van der Waals surface area contributed by atoms with Gasteiger partial charge in [-0.3, -0.25) is 4.89 Å². The van der Waals surface area contributed by atoms with Crippen molar-refractivity contribution in [3.05, 3.63) is 11.6 Å². The summed E-state index contributed by atoms with van der Waals surface area (Å²) in [6.07, 6.45) is 0.669. The molecule has 0 aromatic rings. The minimum Gasteiger partial charge on any atom is -0.478 e. The summed E-state index contributed by atoms with van der Waals surface area (Å²) in [5.74, 6) is -2.33. The minimum atomic E-state index is -1.23. The van der Waals surface area contributed by atoms with Gasteiger partial charge in [0.2, 0.25) is 0 Å². The molecule has 0 unspecified atom stereocenters. The highest BCUT2D eigenvalue weighted by Gasteiger charge is 2.03. The van der Waals surface area contributed by atoms with E-state index in [4.69, 9.17) is 10.4 Å². The summed E-state index contributed by atoms with van der Waals surface area (Å²) < 4.78 is 0. The van der Waals surface area contributed by atoms with Crippen LogP contribution in [0.3, 0.4) is 0 Å². The second kappa shape index (κ2) is 3.62. The Morgan fingerprint density at radius 1 is 1.50 bits per heavy atom. The van der Waals surface area contributed by atoms with Crippen molar-refractivity contribution in [2.75, 3.05) is 0 Å². The van der Waals surface area contributed by atoms with Gasteiger partial charge in [0.05, 0.1) is 0 Å². The molecular formula is C5H6O5. The van der Waals surface area contributed by atoms with Gasteiger partial charge < -0.3 is 5.11 Å². The number of carboxylic acids is 1. The van der Waals surface area contributed by atoms with Crippen LogP contribution >= 0.6 is 0 Å². The Hall–Kier alpha value is -1.36. The van der Waals surface area contributed by atoms with Crippen molar-refractivity contribution in [1.82, 2.24) is 0 Å².